The summed E-state index contributed by atoms with van der Waals surface area (Å²) >= 11 is 0. The molecule has 6 nitrogen and oxygen atoms in total. The minimum atomic E-state index is -1.04. The van der Waals surface area contributed by atoms with Crippen molar-refractivity contribution in [2.75, 3.05) is 5.32 Å². The molecule has 1 unspecified atom stereocenters. The van der Waals surface area contributed by atoms with Gasteiger partial charge in [0.05, 0.1) is 5.69 Å². The van der Waals surface area contributed by atoms with Crippen LogP contribution in [0.1, 0.15) is 19.8 Å². The highest BCUT2D eigenvalue weighted by molar-refractivity contribution is 6.01. The van der Waals surface area contributed by atoms with Crippen LogP contribution < -0.4 is 10.6 Å². The number of hydrogen-bond donors (Lipinski definition) is 3. The van der Waals surface area contributed by atoms with Crippen LogP contribution in [0.5, 0.6) is 0 Å². The normalized spacial score (nSPS) is 11.9. The number of hydrogen-bond acceptors (Lipinski definition) is 3. The second-order valence-corrected chi connectivity index (χ2v) is 4.68. The second kappa shape index (κ2) is 6.69. The van der Waals surface area contributed by atoms with E-state index in [0.717, 1.165) is 10.8 Å². The van der Waals surface area contributed by atoms with Gasteiger partial charge in [-0.3, -0.25) is 4.98 Å². The van der Waals surface area contributed by atoms with E-state index in [0.29, 0.717) is 18.5 Å². The third-order valence-electron chi connectivity index (χ3n) is 3.11. The van der Waals surface area contributed by atoms with Crippen molar-refractivity contribution in [2.45, 2.75) is 25.8 Å². The van der Waals surface area contributed by atoms with Gasteiger partial charge in [0.25, 0.3) is 0 Å². The number of amides is 2. The third kappa shape index (κ3) is 3.68. The molecule has 2 amide bonds. The van der Waals surface area contributed by atoms with E-state index >= 15 is 0 Å². The topological polar surface area (TPSA) is 91.3 Å². The zero-order valence-corrected chi connectivity index (χ0v) is 11.7. The van der Waals surface area contributed by atoms with Crippen molar-refractivity contribution in [3.63, 3.8) is 0 Å². The molecule has 1 aromatic carbocycles. The number of nitrogens with one attached hydrogen (secondary N) is 2. The molecular formula is C15H17N3O3. The van der Waals surface area contributed by atoms with Gasteiger partial charge in [-0.15, -0.1) is 0 Å². The molecule has 2 aromatic rings. The van der Waals surface area contributed by atoms with E-state index in [1.807, 2.05) is 25.1 Å². The number of carbonyl (C=O) groups excluding carboxylic acids is 1. The number of carboxylic acids is 1. The summed E-state index contributed by atoms with van der Waals surface area (Å²) in [5.74, 6) is -1.04. The van der Waals surface area contributed by atoms with Crippen LogP contribution in [0.2, 0.25) is 0 Å². The van der Waals surface area contributed by atoms with E-state index in [2.05, 4.69) is 15.6 Å². The van der Waals surface area contributed by atoms with E-state index in [1.54, 1.807) is 18.5 Å². The first-order valence-corrected chi connectivity index (χ1v) is 6.75. The van der Waals surface area contributed by atoms with Crippen LogP contribution in [0.4, 0.5) is 10.5 Å². The van der Waals surface area contributed by atoms with Crippen LogP contribution in [0.25, 0.3) is 10.8 Å². The van der Waals surface area contributed by atoms with E-state index in [9.17, 15) is 9.59 Å². The van der Waals surface area contributed by atoms with Crippen LogP contribution in [-0.4, -0.2) is 28.1 Å². The number of urea groups is 1. The van der Waals surface area contributed by atoms with Gasteiger partial charge < -0.3 is 15.7 Å². The third-order valence-corrected chi connectivity index (χ3v) is 3.11. The number of aromatic nitrogens is 1. The first-order valence-electron chi connectivity index (χ1n) is 6.75. The molecule has 0 aliphatic carbocycles. The van der Waals surface area contributed by atoms with Crippen molar-refractivity contribution >= 4 is 28.5 Å². The predicted octanol–water partition coefficient (Wildman–Crippen LogP) is 2.61. The minimum Gasteiger partial charge on any atom is -0.480 e. The number of fused-ring (bicyclic) bond motifs is 1. The number of aliphatic carboxylic acids is 1. The summed E-state index contributed by atoms with van der Waals surface area (Å²) in [5, 5.41) is 15.9. The maximum Gasteiger partial charge on any atom is 0.326 e. The molecular weight excluding hydrogens is 270 g/mol. The fourth-order valence-corrected chi connectivity index (χ4v) is 2.09. The Kier molecular flexibility index (Phi) is 4.71. The van der Waals surface area contributed by atoms with Gasteiger partial charge in [-0.2, -0.15) is 0 Å². The Labute approximate surface area is 122 Å². The molecule has 0 spiro atoms. The van der Waals surface area contributed by atoms with Crippen molar-refractivity contribution in [2.24, 2.45) is 0 Å². The van der Waals surface area contributed by atoms with Gasteiger partial charge in [-0.1, -0.05) is 25.5 Å². The Morgan fingerprint density at radius 1 is 1.33 bits per heavy atom. The maximum absolute atomic E-state index is 11.9. The molecule has 110 valence electrons. The number of benzene rings is 1. The summed E-state index contributed by atoms with van der Waals surface area (Å²) in [5.41, 5.74) is 0.596. The quantitative estimate of drug-likeness (QED) is 0.788. The number of nitrogens with zero attached hydrogens (tertiary/aromatic N) is 1. The van der Waals surface area contributed by atoms with E-state index in [-0.39, 0.29) is 0 Å². The van der Waals surface area contributed by atoms with E-state index in [1.165, 1.54) is 0 Å². The van der Waals surface area contributed by atoms with Gasteiger partial charge in [0.1, 0.15) is 6.04 Å². The molecule has 0 fully saturated rings. The minimum absolute atomic E-state index is 0.389. The van der Waals surface area contributed by atoms with E-state index < -0.39 is 18.0 Å². The molecule has 21 heavy (non-hydrogen) atoms. The maximum atomic E-state index is 11.9. The number of anilines is 1. The summed E-state index contributed by atoms with van der Waals surface area (Å²) in [7, 11) is 0. The Hall–Kier alpha value is -2.63. The fraction of sp³-hybridized carbons (Fsp3) is 0.267. The van der Waals surface area contributed by atoms with Crippen molar-refractivity contribution in [1.29, 1.82) is 0 Å². The van der Waals surface area contributed by atoms with Gasteiger partial charge in [-0.25, -0.2) is 9.59 Å². The highest BCUT2D eigenvalue weighted by atomic mass is 16.4. The van der Waals surface area contributed by atoms with Crippen LogP contribution in [0.15, 0.2) is 36.7 Å². The lowest BCUT2D eigenvalue weighted by Crippen LogP contribution is -2.42. The Morgan fingerprint density at radius 2 is 2.14 bits per heavy atom. The second-order valence-electron chi connectivity index (χ2n) is 4.68. The number of pyridine rings is 1. The molecule has 3 N–H and O–H groups in total. The molecule has 0 aliphatic rings. The summed E-state index contributed by atoms with van der Waals surface area (Å²) in [4.78, 5) is 27.0. The Morgan fingerprint density at radius 3 is 2.86 bits per heavy atom. The first kappa shape index (κ1) is 14.8. The molecule has 1 aromatic heterocycles. The molecule has 1 atom stereocenters. The summed E-state index contributed by atoms with van der Waals surface area (Å²) < 4.78 is 0. The number of rotatable bonds is 5. The molecule has 0 saturated carbocycles. The lowest BCUT2D eigenvalue weighted by molar-refractivity contribution is -0.139. The summed E-state index contributed by atoms with van der Waals surface area (Å²) in [6.45, 7) is 1.87. The highest BCUT2D eigenvalue weighted by Crippen LogP contribution is 2.21. The zero-order valence-electron chi connectivity index (χ0n) is 11.7. The van der Waals surface area contributed by atoms with E-state index in [4.69, 9.17) is 5.11 Å². The molecule has 2 rings (SSSR count). The van der Waals surface area contributed by atoms with Crippen LogP contribution in [0, 0.1) is 0 Å². The average Bonchev–Trinajstić information content (AvgIpc) is 2.47. The van der Waals surface area contributed by atoms with Gasteiger partial charge in [0.15, 0.2) is 0 Å². The molecule has 6 heteroatoms. The first-order chi connectivity index (χ1) is 10.1. The predicted molar refractivity (Wildman–Crippen MR) is 80.2 cm³/mol. The SMILES string of the molecule is CCCC(NC(=O)Nc1cccc2ccncc12)C(=O)O. The van der Waals surface area contributed by atoms with Crippen molar-refractivity contribution in [1.82, 2.24) is 10.3 Å². The van der Waals surface area contributed by atoms with Crippen LogP contribution in [-0.2, 0) is 4.79 Å². The molecule has 0 bridgehead atoms. The Balaban J connectivity index is 2.13. The molecule has 0 aliphatic heterocycles. The van der Waals surface area contributed by atoms with Crippen LogP contribution in [0.3, 0.4) is 0 Å². The van der Waals surface area contributed by atoms with Crippen molar-refractivity contribution in [3.05, 3.63) is 36.7 Å². The van der Waals surface area contributed by atoms with Gasteiger partial charge in [-0.05, 0) is 23.9 Å². The molecule has 1 heterocycles. The largest absolute Gasteiger partial charge is 0.480 e. The molecule has 0 radical (unpaired) electrons. The summed E-state index contributed by atoms with van der Waals surface area (Å²) in [6.07, 6.45) is 4.40. The number of carboxylic acid groups (broad SMARTS) is 1. The van der Waals surface area contributed by atoms with Gasteiger partial charge >= 0.3 is 12.0 Å². The number of carbonyl (C=O) groups is 2. The van der Waals surface area contributed by atoms with Gasteiger partial charge in [0, 0.05) is 17.8 Å². The lowest BCUT2D eigenvalue weighted by atomic mass is 10.1. The lowest BCUT2D eigenvalue weighted by Gasteiger charge is -2.15. The fourth-order valence-electron chi connectivity index (χ4n) is 2.09. The van der Waals surface area contributed by atoms with Crippen molar-refractivity contribution in [3.8, 4) is 0 Å². The summed E-state index contributed by atoms with van der Waals surface area (Å²) in [6, 6.07) is 5.90. The molecule has 0 saturated heterocycles. The van der Waals surface area contributed by atoms with Crippen molar-refractivity contribution < 1.29 is 14.7 Å². The van der Waals surface area contributed by atoms with Gasteiger partial charge in [0.2, 0.25) is 0 Å². The zero-order chi connectivity index (χ0) is 15.2. The Bertz CT molecular complexity index is 652. The standard InChI is InChI=1S/C15H17N3O3/c1-2-4-13(14(19)20)18-15(21)17-12-6-3-5-10-7-8-16-9-11(10)12/h3,5-9,13H,2,4H2,1H3,(H,19,20)(H2,17,18,21). The monoisotopic (exact) mass is 287 g/mol. The highest BCUT2D eigenvalue weighted by Gasteiger charge is 2.18. The average molecular weight is 287 g/mol. The van der Waals surface area contributed by atoms with Crippen LogP contribution >= 0.6 is 0 Å². The smallest absolute Gasteiger partial charge is 0.326 e.